The first-order valence-corrected chi connectivity index (χ1v) is 10.2. The van der Waals surface area contributed by atoms with E-state index in [0.717, 1.165) is 51.8 Å². The van der Waals surface area contributed by atoms with Gasteiger partial charge >= 0.3 is 0 Å². The van der Waals surface area contributed by atoms with Gasteiger partial charge in [0, 0.05) is 18.8 Å². The van der Waals surface area contributed by atoms with E-state index < -0.39 is 0 Å². The highest BCUT2D eigenvalue weighted by molar-refractivity contribution is 7.20. The molecule has 0 saturated carbocycles. The van der Waals surface area contributed by atoms with Crippen LogP contribution in [0.5, 0.6) is 0 Å². The fourth-order valence-electron chi connectivity index (χ4n) is 3.73. The van der Waals surface area contributed by atoms with Gasteiger partial charge in [-0.15, -0.1) is 11.3 Å². The highest BCUT2D eigenvalue weighted by Gasteiger charge is 2.24. The van der Waals surface area contributed by atoms with Crippen LogP contribution in [0, 0.1) is 27.7 Å². The summed E-state index contributed by atoms with van der Waals surface area (Å²) in [6.07, 6.45) is 2.38. The predicted octanol–water partition coefficient (Wildman–Crippen LogP) is 4.78. The lowest BCUT2D eigenvalue weighted by molar-refractivity contribution is 0.103. The smallest absolute Gasteiger partial charge is 0.266 e. The summed E-state index contributed by atoms with van der Waals surface area (Å²) in [4.78, 5) is 26.3. The van der Waals surface area contributed by atoms with Crippen LogP contribution in [0.2, 0.25) is 0 Å². The highest BCUT2D eigenvalue weighted by Crippen LogP contribution is 2.37. The van der Waals surface area contributed by atoms with E-state index >= 15 is 0 Å². The Morgan fingerprint density at radius 1 is 1.11 bits per heavy atom. The van der Waals surface area contributed by atoms with Gasteiger partial charge in [0.1, 0.15) is 16.5 Å². The molecular formula is C21H24N4OS. The Hall–Kier alpha value is -2.47. The van der Waals surface area contributed by atoms with E-state index in [4.69, 9.17) is 4.98 Å². The number of aryl methyl sites for hydroxylation is 4. The fraction of sp³-hybridized carbons (Fsp3) is 0.381. The first-order chi connectivity index (χ1) is 12.9. The summed E-state index contributed by atoms with van der Waals surface area (Å²) in [5, 5.41) is 4.09. The molecule has 2 aromatic heterocycles. The molecule has 1 N–H and O–H groups in total. The Bertz CT molecular complexity index is 1030. The van der Waals surface area contributed by atoms with Gasteiger partial charge in [0.15, 0.2) is 0 Å². The van der Waals surface area contributed by atoms with Crippen LogP contribution in [-0.4, -0.2) is 29.0 Å². The maximum atomic E-state index is 13.0. The molecule has 0 bridgehead atoms. The lowest BCUT2D eigenvalue weighted by Crippen LogP contribution is -2.20. The third kappa shape index (κ3) is 3.30. The summed E-state index contributed by atoms with van der Waals surface area (Å²) >= 11 is 1.46. The van der Waals surface area contributed by atoms with Gasteiger partial charge in [0.25, 0.3) is 5.91 Å². The van der Waals surface area contributed by atoms with E-state index in [1.54, 1.807) is 0 Å². The molecule has 3 aromatic rings. The summed E-state index contributed by atoms with van der Waals surface area (Å²) in [6, 6.07) is 6.05. The number of hydrogen-bond donors (Lipinski definition) is 1. The molecule has 0 aliphatic carbocycles. The Morgan fingerprint density at radius 2 is 1.85 bits per heavy atom. The Labute approximate surface area is 163 Å². The molecule has 1 fully saturated rings. The van der Waals surface area contributed by atoms with Gasteiger partial charge in [-0.05, 0) is 57.7 Å². The van der Waals surface area contributed by atoms with Crippen LogP contribution >= 0.6 is 11.3 Å². The van der Waals surface area contributed by atoms with Gasteiger partial charge in [-0.2, -0.15) is 0 Å². The monoisotopic (exact) mass is 380 g/mol. The molecule has 3 heterocycles. The average Bonchev–Trinajstić information content (AvgIpc) is 3.25. The first kappa shape index (κ1) is 17.9. The number of amides is 1. The van der Waals surface area contributed by atoms with Crippen molar-refractivity contribution in [2.24, 2.45) is 0 Å². The van der Waals surface area contributed by atoms with Gasteiger partial charge in [0.2, 0.25) is 0 Å². The maximum Gasteiger partial charge on any atom is 0.266 e. The molecule has 4 rings (SSSR count). The molecule has 1 aromatic carbocycles. The molecule has 0 unspecified atom stereocenters. The molecule has 6 heteroatoms. The molecule has 1 saturated heterocycles. The molecule has 1 aliphatic heterocycles. The Kier molecular flexibility index (Phi) is 4.60. The normalized spacial score (nSPS) is 14.1. The zero-order valence-corrected chi connectivity index (χ0v) is 17.0. The van der Waals surface area contributed by atoms with Gasteiger partial charge in [-0.3, -0.25) is 4.79 Å². The van der Waals surface area contributed by atoms with E-state index in [2.05, 4.69) is 28.2 Å². The van der Waals surface area contributed by atoms with Gasteiger partial charge < -0.3 is 10.2 Å². The lowest BCUT2D eigenvalue weighted by atomic mass is 10.1. The second-order valence-electron chi connectivity index (χ2n) is 7.30. The molecule has 0 atom stereocenters. The van der Waals surface area contributed by atoms with Crippen molar-refractivity contribution < 1.29 is 4.79 Å². The summed E-state index contributed by atoms with van der Waals surface area (Å²) in [6.45, 7) is 10.0. The number of nitrogens with one attached hydrogen (secondary N) is 1. The number of nitrogens with zero attached hydrogens (tertiary/aromatic N) is 3. The standard InChI is InChI=1S/C21H24N4OS/c1-12-7-8-16(13(2)11-12)24-20(26)18-14(3)17-19(25-9-5-6-10-25)22-15(4)23-21(17)27-18/h7-8,11H,5-6,9-10H2,1-4H3,(H,24,26). The summed E-state index contributed by atoms with van der Waals surface area (Å²) in [5.74, 6) is 1.66. The second kappa shape index (κ2) is 6.93. The van der Waals surface area contributed by atoms with Gasteiger partial charge in [0.05, 0.1) is 10.3 Å². The first-order valence-electron chi connectivity index (χ1n) is 9.35. The quantitative estimate of drug-likeness (QED) is 0.710. The molecule has 5 nitrogen and oxygen atoms in total. The van der Waals surface area contributed by atoms with E-state index in [0.29, 0.717) is 4.88 Å². The fourth-order valence-corrected chi connectivity index (χ4v) is 4.85. The molecule has 1 aliphatic rings. The number of hydrogen-bond acceptors (Lipinski definition) is 5. The van der Waals surface area contributed by atoms with Crippen molar-refractivity contribution in [1.29, 1.82) is 0 Å². The van der Waals surface area contributed by atoms with E-state index in [9.17, 15) is 4.79 Å². The third-order valence-corrected chi connectivity index (χ3v) is 6.31. The van der Waals surface area contributed by atoms with E-state index in [1.807, 2.05) is 32.9 Å². The van der Waals surface area contributed by atoms with Crippen molar-refractivity contribution in [2.45, 2.75) is 40.5 Å². The summed E-state index contributed by atoms with van der Waals surface area (Å²) in [7, 11) is 0. The van der Waals surface area contributed by atoms with Crippen LogP contribution in [0.4, 0.5) is 11.5 Å². The number of carbonyl (C=O) groups is 1. The van der Waals surface area contributed by atoms with Crippen LogP contribution < -0.4 is 10.2 Å². The highest BCUT2D eigenvalue weighted by atomic mass is 32.1. The number of anilines is 2. The Balaban J connectivity index is 1.75. The lowest BCUT2D eigenvalue weighted by Gasteiger charge is -2.18. The van der Waals surface area contributed by atoms with Crippen molar-refractivity contribution in [2.75, 3.05) is 23.3 Å². The van der Waals surface area contributed by atoms with Crippen molar-refractivity contribution >= 4 is 39.0 Å². The SMILES string of the molecule is Cc1ccc(NC(=O)c2sc3nc(C)nc(N4CCCC4)c3c2C)c(C)c1. The summed E-state index contributed by atoms with van der Waals surface area (Å²) < 4.78 is 0. The second-order valence-corrected chi connectivity index (χ2v) is 8.30. The molecule has 140 valence electrons. The van der Waals surface area contributed by atoms with Crippen molar-refractivity contribution in [3.63, 3.8) is 0 Å². The number of carbonyl (C=O) groups excluding carboxylic acids is 1. The third-order valence-electron chi connectivity index (χ3n) is 5.12. The number of fused-ring (bicyclic) bond motifs is 1. The number of thiophene rings is 1. The van der Waals surface area contributed by atoms with Crippen LogP contribution in [-0.2, 0) is 0 Å². The van der Waals surface area contributed by atoms with Crippen LogP contribution in [0.15, 0.2) is 18.2 Å². The van der Waals surface area contributed by atoms with Crippen LogP contribution in [0.25, 0.3) is 10.2 Å². The Morgan fingerprint density at radius 3 is 2.56 bits per heavy atom. The zero-order valence-electron chi connectivity index (χ0n) is 16.2. The number of benzene rings is 1. The average molecular weight is 381 g/mol. The minimum Gasteiger partial charge on any atom is -0.356 e. The minimum atomic E-state index is -0.0764. The molecule has 27 heavy (non-hydrogen) atoms. The number of rotatable bonds is 3. The minimum absolute atomic E-state index is 0.0764. The topological polar surface area (TPSA) is 58.1 Å². The van der Waals surface area contributed by atoms with E-state index in [1.165, 1.54) is 29.7 Å². The molecule has 0 spiro atoms. The number of aromatic nitrogens is 2. The van der Waals surface area contributed by atoms with Crippen molar-refractivity contribution in [3.05, 3.63) is 45.6 Å². The maximum absolute atomic E-state index is 13.0. The molecule has 1 amide bonds. The van der Waals surface area contributed by atoms with Crippen molar-refractivity contribution in [1.82, 2.24) is 9.97 Å². The summed E-state index contributed by atoms with van der Waals surface area (Å²) in [5.41, 5.74) is 4.07. The van der Waals surface area contributed by atoms with Gasteiger partial charge in [-0.25, -0.2) is 9.97 Å². The largest absolute Gasteiger partial charge is 0.356 e. The zero-order chi connectivity index (χ0) is 19.1. The molecular weight excluding hydrogens is 356 g/mol. The predicted molar refractivity (Wildman–Crippen MR) is 112 cm³/mol. The van der Waals surface area contributed by atoms with Crippen molar-refractivity contribution in [3.8, 4) is 0 Å². The molecule has 0 radical (unpaired) electrons. The van der Waals surface area contributed by atoms with Crippen LogP contribution in [0.1, 0.15) is 45.0 Å². The van der Waals surface area contributed by atoms with Crippen LogP contribution in [0.3, 0.4) is 0 Å². The van der Waals surface area contributed by atoms with E-state index in [-0.39, 0.29) is 5.91 Å². The van der Waals surface area contributed by atoms with Gasteiger partial charge in [-0.1, -0.05) is 17.7 Å².